The molecular weight excluding hydrogens is 426 g/mol. The number of carbonyl (C=O) groups excluding carboxylic acids is 1. The van der Waals surface area contributed by atoms with Crippen molar-refractivity contribution in [3.05, 3.63) is 75.6 Å². The zero-order valence-electron chi connectivity index (χ0n) is 18.2. The predicted molar refractivity (Wildman–Crippen MR) is 125 cm³/mol. The van der Waals surface area contributed by atoms with Crippen LogP contribution in [0.4, 0.5) is 5.82 Å². The van der Waals surface area contributed by atoms with Crippen LogP contribution in [-0.4, -0.2) is 29.1 Å². The number of aromatic amines is 1. The molecule has 7 nitrogen and oxygen atoms in total. The summed E-state index contributed by atoms with van der Waals surface area (Å²) in [7, 11) is 1.57. The highest BCUT2D eigenvalue weighted by Crippen LogP contribution is 2.38. The summed E-state index contributed by atoms with van der Waals surface area (Å²) in [6.07, 6.45) is 0.150. The van der Waals surface area contributed by atoms with Crippen molar-refractivity contribution in [2.75, 3.05) is 12.4 Å². The molecule has 8 heteroatoms. The lowest BCUT2D eigenvalue weighted by atomic mass is 9.86. The summed E-state index contributed by atoms with van der Waals surface area (Å²) in [5.41, 5.74) is 2.12. The molecule has 0 saturated carbocycles. The molecule has 4 rings (SSSR count). The fourth-order valence-electron chi connectivity index (χ4n) is 3.68. The van der Waals surface area contributed by atoms with Gasteiger partial charge in [-0.05, 0) is 37.1 Å². The van der Waals surface area contributed by atoms with Crippen LogP contribution in [0.3, 0.4) is 0 Å². The fraction of sp³-hybridized carbons (Fsp3) is 0.292. The second-order valence-electron chi connectivity index (χ2n) is 7.79. The van der Waals surface area contributed by atoms with E-state index in [-0.39, 0.29) is 24.0 Å². The number of hydrogen-bond donors (Lipinski definition) is 2. The van der Waals surface area contributed by atoms with Gasteiger partial charge in [-0.15, -0.1) is 0 Å². The number of H-pyrrole nitrogens is 1. The average molecular weight is 452 g/mol. The molecule has 1 aliphatic rings. The van der Waals surface area contributed by atoms with Gasteiger partial charge in [0.05, 0.1) is 18.8 Å². The smallest absolute Gasteiger partial charge is 0.257 e. The van der Waals surface area contributed by atoms with E-state index in [4.69, 9.17) is 9.47 Å². The summed E-state index contributed by atoms with van der Waals surface area (Å²) < 4.78 is 11.3. The second kappa shape index (κ2) is 9.48. The molecule has 0 unspecified atom stereocenters. The topological polar surface area (TPSA) is 93.3 Å². The van der Waals surface area contributed by atoms with Crippen LogP contribution in [0.25, 0.3) is 0 Å². The molecule has 32 heavy (non-hydrogen) atoms. The van der Waals surface area contributed by atoms with E-state index in [0.29, 0.717) is 33.8 Å². The molecule has 1 atom stereocenters. The summed E-state index contributed by atoms with van der Waals surface area (Å²) in [6.45, 7) is 3.88. The summed E-state index contributed by atoms with van der Waals surface area (Å²) in [5.74, 6) is 1.54. The van der Waals surface area contributed by atoms with E-state index in [1.54, 1.807) is 7.11 Å². The van der Waals surface area contributed by atoms with Gasteiger partial charge in [0.15, 0.2) is 16.7 Å². The molecule has 166 valence electrons. The number of amides is 1. The highest BCUT2D eigenvalue weighted by Gasteiger charge is 2.31. The Morgan fingerprint density at radius 3 is 2.62 bits per heavy atom. The molecule has 2 heterocycles. The van der Waals surface area contributed by atoms with E-state index in [1.165, 1.54) is 11.8 Å². The van der Waals surface area contributed by atoms with Crippen LogP contribution in [-0.2, 0) is 10.5 Å². The van der Waals surface area contributed by atoms with E-state index in [1.807, 2.05) is 62.4 Å². The molecule has 0 bridgehead atoms. The zero-order chi connectivity index (χ0) is 22.7. The van der Waals surface area contributed by atoms with Crippen LogP contribution in [0, 0.1) is 0 Å². The highest BCUT2D eigenvalue weighted by atomic mass is 32.2. The number of hydrogen-bond acceptors (Lipinski definition) is 6. The fourth-order valence-corrected chi connectivity index (χ4v) is 4.50. The van der Waals surface area contributed by atoms with Crippen LogP contribution in [0.5, 0.6) is 11.5 Å². The lowest BCUT2D eigenvalue weighted by Crippen LogP contribution is -2.31. The largest absolute Gasteiger partial charge is 0.493 e. The van der Waals surface area contributed by atoms with Gasteiger partial charge in [0.2, 0.25) is 5.91 Å². The van der Waals surface area contributed by atoms with Crippen molar-refractivity contribution in [2.45, 2.75) is 43.2 Å². The quantitative estimate of drug-likeness (QED) is 0.410. The molecule has 0 fully saturated rings. The van der Waals surface area contributed by atoms with Gasteiger partial charge in [-0.1, -0.05) is 48.2 Å². The Labute approximate surface area is 190 Å². The minimum atomic E-state index is -0.426. The van der Waals surface area contributed by atoms with E-state index < -0.39 is 5.92 Å². The number of rotatable bonds is 7. The molecule has 0 aliphatic carbocycles. The Hall–Kier alpha value is -3.26. The molecule has 0 saturated heterocycles. The lowest BCUT2D eigenvalue weighted by molar-refractivity contribution is -0.116. The number of ether oxygens (including phenoxy) is 2. The van der Waals surface area contributed by atoms with Gasteiger partial charge in [0.25, 0.3) is 5.56 Å². The van der Waals surface area contributed by atoms with E-state index in [9.17, 15) is 9.59 Å². The minimum absolute atomic E-state index is 0.00483. The molecule has 2 N–H and O–H groups in total. The SMILES string of the molecule is COc1cc([C@@H]2CC(=O)Nc3nc(SCc4ccccc4)[nH]c(=O)c32)ccc1OC(C)C. The summed E-state index contributed by atoms with van der Waals surface area (Å²) in [5, 5.41) is 3.24. The Balaban J connectivity index is 1.66. The standard InChI is InChI=1S/C24H25N3O4S/c1-14(2)31-18-10-9-16(11-19(18)30-3)17-12-20(28)25-22-21(17)23(29)27-24(26-22)32-13-15-7-5-4-6-8-15/h4-11,14,17H,12-13H2,1-3H3,(H2,25,26,27,28,29)/t17-/m0/s1. The third-order valence-electron chi connectivity index (χ3n) is 5.10. The van der Waals surface area contributed by atoms with Crippen LogP contribution in [0.15, 0.2) is 58.5 Å². The van der Waals surface area contributed by atoms with Gasteiger partial charge in [-0.25, -0.2) is 4.98 Å². The maximum atomic E-state index is 13.0. The number of aromatic nitrogens is 2. The van der Waals surface area contributed by atoms with Gasteiger partial charge in [0.1, 0.15) is 5.82 Å². The van der Waals surface area contributed by atoms with Crippen molar-refractivity contribution < 1.29 is 14.3 Å². The zero-order valence-corrected chi connectivity index (χ0v) is 19.0. The van der Waals surface area contributed by atoms with Crippen molar-refractivity contribution in [1.82, 2.24) is 9.97 Å². The Morgan fingerprint density at radius 2 is 1.91 bits per heavy atom. The maximum absolute atomic E-state index is 13.0. The van der Waals surface area contributed by atoms with Crippen molar-refractivity contribution >= 4 is 23.5 Å². The van der Waals surface area contributed by atoms with Gasteiger partial charge in [-0.3, -0.25) is 9.59 Å². The molecule has 1 amide bonds. The van der Waals surface area contributed by atoms with Crippen molar-refractivity contribution in [1.29, 1.82) is 0 Å². The van der Waals surface area contributed by atoms with Gasteiger partial charge in [-0.2, -0.15) is 0 Å². The van der Waals surface area contributed by atoms with E-state index in [0.717, 1.165) is 11.1 Å². The van der Waals surface area contributed by atoms with Gasteiger partial charge < -0.3 is 19.8 Å². The summed E-state index contributed by atoms with van der Waals surface area (Å²) in [6, 6.07) is 15.4. The molecule has 2 aromatic carbocycles. The van der Waals surface area contributed by atoms with Crippen LogP contribution < -0.4 is 20.3 Å². The van der Waals surface area contributed by atoms with Gasteiger partial charge in [0, 0.05) is 18.1 Å². The monoisotopic (exact) mass is 451 g/mol. The Bertz CT molecular complexity index is 1180. The van der Waals surface area contributed by atoms with Crippen molar-refractivity contribution in [2.24, 2.45) is 0 Å². The molecule has 0 spiro atoms. The first kappa shape index (κ1) is 22.0. The predicted octanol–water partition coefficient (Wildman–Crippen LogP) is 4.33. The third-order valence-corrected chi connectivity index (χ3v) is 6.04. The van der Waals surface area contributed by atoms with Crippen LogP contribution >= 0.6 is 11.8 Å². The van der Waals surface area contributed by atoms with Crippen molar-refractivity contribution in [3.63, 3.8) is 0 Å². The number of nitrogens with zero attached hydrogens (tertiary/aromatic N) is 1. The second-order valence-corrected chi connectivity index (χ2v) is 8.75. The maximum Gasteiger partial charge on any atom is 0.257 e. The highest BCUT2D eigenvalue weighted by molar-refractivity contribution is 7.98. The number of fused-ring (bicyclic) bond motifs is 1. The molecule has 1 aromatic heterocycles. The Morgan fingerprint density at radius 1 is 1.12 bits per heavy atom. The number of methoxy groups -OCH3 is 1. The summed E-state index contributed by atoms with van der Waals surface area (Å²) in [4.78, 5) is 32.9. The van der Waals surface area contributed by atoms with Gasteiger partial charge >= 0.3 is 0 Å². The summed E-state index contributed by atoms with van der Waals surface area (Å²) >= 11 is 1.42. The lowest BCUT2D eigenvalue weighted by Gasteiger charge is -2.25. The third kappa shape index (κ3) is 4.80. The molecular formula is C24H25N3O4S. The number of nitrogens with one attached hydrogen (secondary N) is 2. The molecule has 1 aliphatic heterocycles. The first-order valence-corrected chi connectivity index (χ1v) is 11.4. The first-order valence-electron chi connectivity index (χ1n) is 10.4. The number of thioether (sulfide) groups is 1. The van der Waals surface area contributed by atoms with Crippen molar-refractivity contribution in [3.8, 4) is 11.5 Å². The van der Waals surface area contributed by atoms with E-state index >= 15 is 0 Å². The number of anilines is 1. The Kier molecular flexibility index (Phi) is 6.50. The van der Waals surface area contributed by atoms with E-state index in [2.05, 4.69) is 15.3 Å². The molecule has 3 aromatic rings. The van der Waals surface area contributed by atoms with Crippen LogP contribution in [0.2, 0.25) is 0 Å². The molecule has 0 radical (unpaired) electrons. The average Bonchev–Trinajstić information content (AvgIpc) is 2.77. The number of benzene rings is 2. The number of carbonyl (C=O) groups is 1. The normalized spacial score (nSPS) is 15.2. The minimum Gasteiger partial charge on any atom is -0.493 e. The van der Waals surface area contributed by atoms with Crippen LogP contribution in [0.1, 0.15) is 42.9 Å². The first-order chi connectivity index (χ1) is 15.4.